The molecule has 0 amide bonds. The molecule has 0 fully saturated rings. The van der Waals surface area contributed by atoms with Crippen molar-refractivity contribution >= 4 is 26.0 Å². The molecule has 21 heavy (non-hydrogen) atoms. The predicted molar refractivity (Wildman–Crippen MR) is 81.2 cm³/mol. The van der Waals surface area contributed by atoms with Gasteiger partial charge in [-0.3, -0.25) is 0 Å². The quantitative estimate of drug-likeness (QED) is 0.792. The van der Waals surface area contributed by atoms with Crippen LogP contribution in [0.15, 0.2) is 57.9 Å². The SMILES string of the molecule is O=S(=O)(NCCOc1cccc(F)c1)c1ccc(Br)cc1. The second-order valence-electron chi connectivity index (χ2n) is 4.16. The Morgan fingerprint density at radius 3 is 2.52 bits per heavy atom. The highest BCUT2D eigenvalue weighted by Crippen LogP contribution is 2.14. The normalized spacial score (nSPS) is 11.3. The molecule has 0 saturated carbocycles. The Labute approximate surface area is 131 Å². The highest BCUT2D eigenvalue weighted by molar-refractivity contribution is 9.10. The van der Waals surface area contributed by atoms with E-state index in [1.54, 1.807) is 18.2 Å². The summed E-state index contributed by atoms with van der Waals surface area (Å²) in [5.41, 5.74) is 0. The van der Waals surface area contributed by atoms with Gasteiger partial charge >= 0.3 is 0 Å². The van der Waals surface area contributed by atoms with Gasteiger partial charge in [-0.1, -0.05) is 22.0 Å². The van der Waals surface area contributed by atoms with Gasteiger partial charge in [-0.2, -0.15) is 0 Å². The lowest BCUT2D eigenvalue weighted by Crippen LogP contribution is -2.28. The summed E-state index contributed by atoms with van der Waals surface area (Å²) in [7, 11) is -3.56. The first-order valence-electron chi connectivity index (χ1n) is 6.11. The van der Waals surface area contributed by atoms with Gasteiger partial charge in [0.05, 0.1) is 4.90 Å². The molecule has 0 unspecified atom stereocenters. The number of halogens is 2. The zero-order valence-corrected chi connectivity index (χ0v) is 13.3. The molecule has 2 rings (SSSR count). The van der Waals surface area contributed by atoms with Gasteiger partial charge in [0.15, 0.2) is 0 Å². The van der Waals surface area contributed by atoms with E-state index in [4.69, 9.17) is 4.74 Å². The molecule has 0 aliphatic heterocycles. The van der Waals surface area contributed by atoms with Gasteiger partial charge in [-0.25, -0.2) is 17.5 Å². The summed E-state index contributed by atoms with van der Waals surface area (Å²) < 4.78 is 45.3. The van der Waals surface area contributed by atoms with E-state index >= 15 is 0 Å². The molecule has 0 saturated heterocycles. The summed E-state index contributed by atoms with van der Waals surface area (Å²) in [6.45, 7) is 0.203. The van der Waals surface area contributed by atoms with Crippen LogP contribution in [0, 0.1) is 5.82 Å². The number of hydrogen-bond donors (Lipinski definition) is 1. The van der Waals surface area contributed by atoms with Crippen LogP contribution in [0.5, 0.6) is 5.75 Å². The molecular weight excluding hydrogens is 361 g/mol. The molecular formula is C14H13BrFNO3S. The Morgan fingerprint density at radius 2 is 1.86 bits per heavy atom. The van der Waals surface area contributed by atoms with Crippen LogP contribution in [-0.2, 0) is 10.0 Å². The van der Waals surface area contributed by atoms with Crippen molar-refractivity contribution in [1.82, 2.24) is 4.72 Å². The van der Waals surface area contributed by atoms with Crippen molar-refractivity contribution in [2.75, 3.05) is 13.2 Å². The number of rotatable bonds is 6. The number of nitrogens with one attached hydrogen (secondary N) is 1. The maximum atomic E-state index is 12.9. The third-order valence-corrected chi connectivity index (χ3v) is 4.59. The van der Waals surface area contributed by atoms with Crippen molar-refractivity contribution in [2.45, 2.75) is 4.90 Å². The lowest BCUT2D eigenvalue weighted by molar-refractivity contribution is 0.321. The zero-order chi connectivity index (χ0) is 15.3. The van der Waals surface area contributed by atoms with Gasteiger partial charge in [-0.05, 0) is 36.4 Å². The van der Waals surface area contributed by atoms with Crippen molar-refractivity contribution in [2.24, 2.45) is 0 Å². The van der Waals surface area contributed by atoms with Gasteiger partial charge in [0, 0.05) is 17.1 Å². The minimum absolute atomic E-state index is 0.0922. The minimum atomic E-state index is -3.56. The van der Waals surface area contributed by atoms with E-state index in [0.29, 0.717) is 5.75 Å². The summed E-state index contributed by atoms with van der Waals surface area (Å²) >= 11 is 3.24. The highest BCUT2D eigenvalue weighted by atomic mass is 79.9. The van der Waals surface area contributed by atoms with E-state index in [0.717, 1.165) is 4.47 Å². The molecule has 0 aliphatic rings. The Kier molecular flexibility index (Phi) is 5.33. The fourth-order valence-electron chi connectivity index (χ4n) is 1.60. The molecule has 0 heterocycles. The van der Waals surface area contributed by atoms with Crippen LogP contribution in [0.25, 0.3) is 0 Å². The Hall–Kier alpha value is -1.44. The molecule has 0 aromatic heterocycles. The van der Waals surface area contributed by atoms with Crippen LogP contribution < -0.4 is 9.46 Å². The predicted octanol–water partition coefficient (Wildman–Crippen LogP) is 2.95. The summed E-state index contributed by atoms with van der Waals surface area (Å²) in [5, 5.41) is 0. The van der Waals surface area contributed by atoms with Crippen LogP contribution >= 0.6 is 15.9 Å². The molecule has 0 radical (unpaired) electrons. The summed E-state index contributed by atoms with van der Waals surface area (Å²) in [4.78, 5) is 0.177. The zero-order valence-electron chi connectivity index (χ0n) is 10.9. The van der Waals surface area contributed by atoms with Gasteiger partial charge < -0.3 is 4.74 Å². The van der Waals surface area contributed by atoms with Crippen molar-refractivity contribution < 1.29 is 17.5 Å². The van der Waals surface area contributed by atoms with Crippen molar-refractivity contribution in [3.05, 3.63) is 58.8 Å². The van der Waals surface area contributed by atoms with E-state index in [2.05, 4.69) is 20.7 Å². The molecule has 0 atom stereocenters. The standard InChI is InChI=1S/C14H13BrFNO3S/c15-11-4-6-14(7-5-11)21(18,19)17-8-9-20-13-3-1-2-12(16)10-13/h1-7,10,17H,8-9H2. The maximum Gasteiger partial charge on any atom is 0.240 e. The van der Waals surface area contributed by atoms with E-state index in [1.807, 2.05) is 0 Å². The summed E-state index contributed by atoms with van der Waals surface area (Å²) in [5.74, 6) is -0.0409. The molecule has 0 bridgehead atoms. The van der Waals surface area contributed by atoms with Crippen LogP contribution in [0.1, 0.15) is 0 Å². The largest absolute Gasteiger partial charge is 0.492 e. The first-order chi connectivity index (χ1) is 9.97. The van der Waals surface area contributed by atoms with Gasteiger partial charge in [-0.15, -0.1) is 0 Å². The first-order valence-corrected chi connectivity index (χ1v) is 8.38. The Morgan fingerprint density at radius 1 is 1.14 bits per heavy atom. The number of ether oxygens (including phenoxy) is 1. The van der Waals surface area contributed by atoms with Gasteiger partial charge in [0.25, 0.3) is 0 Å². The molecule has 112 valence electrons. The first kappa shape index (κ1) is 15.9. The van der Waals surface area contributed by atoms with Crippen LogP contribution in [-0.4, -0.2) is 21.6 Å². The molecule has 0 spiro atoms. The monoisotopic (exact) mass is 373 g/mol. The van der Waals surface area contributed by atoms with Gasteiger partial charge in [0.1, 0.15) is 18.2 Å². The van der Waals surface area contributed by atoms with Crippen LogP contribution in [0.3, 0.4) is 0 Å². The van der Waals surface area contributed by atoms with E-state index < -0.39 is 15.8 Å². The fourth-order valence-corrected chi connectivity index (χ4v) is 2.88. The van der Waals surface area contributed by atoms with Gasteiger partial charge in [0.2, 0.25) is 10.0 Å². The van der Waals surface area contributed by atoms with Crippen LogP contribution in [0.4, 0.5) is 4.39 Å². The molecule has 2 aromatic carbocycles. The molecule has 1 N–H and O–H groups in total. The van der Waals surface area contributed by atoms with Crippen molar-refractivity contribution in [3.63, 3.8) is 0 Å². The smallest absolute Gasteiger partial charge is 0.240 e. The lowest BCUT2D eigenvalue weighted by atomic mass is 10.3. The second kappa shape index (κ2) is 7.02. The highest BCUT2D eigenvalue weighted by Gasteiger charge is 2.12. The third kappa shape index (κ3) is 4.80. The lowest BCUT2D eigenvalue weighted by Gasteiger charge is -2.08. The van der Waals surface area contributed by atoms with E-state index in [-0.39, 0.29) is 18.0 Å². The average Bonchev–Trinajstić information content (AvgIpc) is 2.44. The topological polar surface area (TPSA) is 55.4 Å². The number of sulfonamides is 1. The molecule has 7 heteroatoms. The second-order valence-corrected chi connectivity index (χ2v) is 6.84. The number of hydrogen-bond acceptors (Lipinski definition) is 3. The maximum absolute atomic E-state index is 12.9. The summed E-state index contributed by atoms with van der Waals surface area (Å²) in [6.07, 6.45) is 0. The Bertz CT molecular complexity index is 704. The molecule has 2 aromatic rings. The average molecular weight is 374 g/mol. The van der Waals surface area contributed by atoms with Crippen LogP contribution in [0.2, 0.25) is 0 Å². The Balaban J connectivity index is 1.86. The minimum Gasteiger partial charge on any atom is -0.492 e. The van der Waals surface area contributed by atoms with Crippen molar-refractivity contribution in [3.8, 4) is 5.75 Å². The summed E-state index contributed by atoms with van der Waals surface area (Å²) in [6, 6.07) is 12.0. The van der Waals surface area contributed by atoms with E-state index in [1.165, 1.54) is 30.3 Å². The molecule has 4 nitrogen and oxygen atoms in total. The third-order valence-electron chi connectivity index (χ3n) is 2.58. The molecule has 0 aliphatic carbocycles. The van der Waals surface area contributed by atoms with Crippen molar-refractivity contribution in [1.29, 1.82) is 0 Å². The number of benzene rings is 2. The fraction of sp³-hybridized carbons (Fsp3) is 0.143. The van der Waals surface area contributed by atoms with E-state index in [9.17, 15) is 12.8 Å².